The van der Waals surface area contributed by atoms with Gasteiger partial charge in [0.25, 0.3) is 0 Å². The lowest BCUT2D eigenvalue weighted by molar-refractivity contribution is 0.242. The molecule has 0 saturated carbocycles. The summed E-state index contributed by atoms with van der Waals surface area (Å²) in [6.45, 7) is 4.03. The maximum absolute atomic E-state index is 11.9. The molecule has 0 spiro atoms. The van der Waals surface area contributed by atoms with E-state index in [9.17, 15) is 4.79 Å². The zero-order valence-electron chi connectivity index (χ0n) is 11.3. The van der Waals surface area contributed by atoms with Crippen LogP contribution in [0.2, 0.25) is 5.02 Å². The van der Waals surface area contributed by atoms with E-state index in [-0.39, 0.29) is 6.03 Å². The summed E-state index contributed by atoms with van der Waals surface area (Å²) in [7, 11) is 0. The second-order valence-corrected chi connectivity index (χ2v) is 5.70. The largest absolute Gasteiger partial charge is 0.324 e. The molecule has 102 valence electrons. The Morgan fingerprint density at radius 1 is 1.10 bits per heavy atom. The molecule has 0 fully saturated rings. The number of amides is 2. The van der Waals surface area contributed by atoms with Crippen molar-refractivity contribution in [3.05, 3.63) is 64.2 Å². The number of anilines is 1. The van der Waals surface area contributed by atoms with Crippen LogP contribution in [0.15, 0.2) is 42.5 Å². The highest BCUT2D eigenvalue weighted by atomic mass is 35.5. The van der Waals surface area contributed by atoms with Gasteiger partial charge in [-0.15, -0.1) is 0 Å². The summed E-state index contributed by atoms with van der Waals surface area (Å²) < 4.78 is 0. The first-order valence-electron chi connectivity index (χ1n) is 6.45. The van der Waals surface area contributed by atoms with Crippen LogP contribution in [-0.2, 0) is 5.54 Å². The Balaban J connectivity index is 2.20. The number of hydrogen-bond donors (Lipinski definition) is 2. The van der Waals surface area contributed by atoms with E-state index in [1.54, 1.807) is 6.07 Å². The molecule has 0 saturated heterocycles. The first-order chi connectivity index (χ1) is 9.49. The zero-order valence-corrected chi connectivity index (χ0v) is 12.1. The molecular weight excluding hydrogens is 272 g/mol. The fourth-order valence-corrected chi connectivity index (χ4v) is 2.77. The van der Waals surface area contributed by atoms with Crippen molar-refractivity contribution in [1.29, 1.82) is 0 Å². The van der Waals surface area contributed by atoms with Crippen molar-refractivity contribution in [2.24, 2.45) is 0 Å². The molecule has 0 aromatic heterocycles. The van der Waals surface area contributed by atoms with E-state index in [0.29, 0.717) is 5.02 Å². The van der Waals surface area contributed by atoms with Gasteiger partial charge in [0.15, 0.2) is 0 Å². The highest BCUT2D eigenvalue weighted by molar-refractivity contribution is 6.30. The molecule has 2 amide bonds. The predicted octanol–water partition coefficient (Wildman–Crippen LogP) is 4.05. The van der Waals surface area contributed by atoms with Crippen molar-refractivity contribution >= 4 is 23.3 Å². The van der Waals surface area contributed by atoms with Crippen molar-refractivity contribution in [3.63, 3.8) is 0 Å². The van der Waals surface area contributed by atoms with Crippen molar-refractivity contribution in [3.8, 4) is 0 Å². The minimum absolute atomic E-state index is 0.206. The lowest BCUT2D eigenvalue weighted by atomic mass is 9.82. The number of benzene rings is 2. The van der Waals surface area contributed by atoms with Gasteiger partial charge in [-0.05, 0) is 37.6 Å². The topological polar surface area (TPSA) is 41.1 Å². The van der Waals surface area contributed by atoms with Crippen molar-refractivity contribution < 1.29 is 4.79 Å². The molecule has 4 heteroatoms. The SMILES string of the molecule is Cc1ccc([C@]2(C)NC(=O)Nc3ccc(Cl)cc32)cc1. The third kappa shape index (κ3) is 2.04. The molecule has 3 rings (SSSR count). The fraction of sp³-hybridized carbons (Fsp3) is 0.188. The van der Waals surface area contributed by atoms with Gasteiger partial charge in [-0.25, -0.2) is 4.79 Å². The first-order valence-corrected chi connectivity index (χ1v) is 6.83. The first kappa shape index (κ1) is 13.0. The zero-order chi connectivity index (χ0) is 14.3. The van der Waals surface area contributed by atoms with Gasteiger partial charge >= 0.3 is 6.03 Å². The molecule has 0 bridgehead atoms. The molecule has 1 aliphatic rings. The summed E-state index contributed by atoms with van der Waals surface area (Å²) in [6, 6.07) is 13.4. The van der Waals surface area contributed by atoms with E-state index in [2.05, 4.69) is 10.6 Å². The smallest absolute Gasteiger partial charge is 0.320 e. The van der Waals surface area contributed by atoms with E-state index in [1.807, 2.05) is 50.2 Å². The van der Waals surface area contributed by atoms with Crippen molar-refractivity contribution in [1.82, 2.24) is 5.32 Å². The van der Waals surface area contributed by atoms with Crippen LogP contribution in [0, 0.1) is 6.92 Å². The summed E-state index contributed by atoms with van der Waals surface area (Å²) >= 11 is 6.11. The summed E-state index contributed by atoms with van der Waals surface area (Å²) in [5.41, 5.74) is 3.39. The molecule has 0 unspecified atom stereocenters. The molecular formula is C16H15ClN2O. The Morgan fingerprint density at radius 2 is 1.80 bits per heavy atom. The van der Waals surface area contributed by atoms with Gasteiger partial charge in [-0.1, -0.05) is 41.4 Å². The number of fused-ring (bicyclic) bond motifs is 1. The highest BCUT2D eigenvalue weighted by Gasteiger charge is 2.36. The van der Waals surface area contributed by atoms with Crippen LogP contribution in [0.1, 0.15) is 23.6 Å². The quantitative estimate of drug-likeness (QED) is 0.816. The fourth-order valence-electron chi connectivity index (χ4n) is 2.60. The van der Waals surface area contributed by atoms with E-state index in [0.717, 1.165) is 16.8 Å². The second kappa shape index (κ2) is 4.53. The lowest BCUT2D eigenvalue weighted by Gasteiger charge is -2.37. The highest BCUT2D eigenvalue weighted by Crippen LogP contribution is 2.38. The van der Waals surface area contributed by atoms with Gasteiger partial charge < -0.3 is 10.6 Å². The number of nitrogens with one attached hydrogen (secondary N) is 2. The van der Waals surface area contributed by atoms with Gasteiger partial charge in [0, 0.05) is 16.3 Å². The number of carbonyl (C=O) groups excluding carboxylic acids is 1. The third-order valence-electron chi connectivity index (χ3n) is 3.76. The summed E-state index contributed by atoms with van der Waals surface area (Å²) in [5, 5.41) is 6.47. The molecule has 1 heterocycles. The Kier molecular flexibility index (Phi) is 2.94. The molecule has 20 heavy (non-hydrogen) atoms. The Morgan fingerprint density at radius 3 is 2.50 bits per heavy atom. The number of rotatable bonds is 1. The molecule has 3 nitrogen and oxygen atoms in total. The number of aryl methyl sites for hydroxylation is 1. The van der Waals surface area contributed by atoms with Crippen LogP contribution in [0.5, 0.6) is 0 Å². The van der Waals surface area contributed by atoms with Gasteiger partial charge in [0.2, 0.25) is 0 Å². The van der Waals surface area contributed by atoms with E-state index < -0.39 is 5.54 Å². The summed E-state index contributed by atoms with van der Waals surface area (Å²) in [6.07, 6.45) is 0. The monoisotopic (exact) mass is 286 g/mol. The van der Waals surface area contributed by atoms with Crippen LogP contribution in [0.25, 0.3) is 0 Å². The number of urea groups is 1. The Hall–Kier alpha value is -2.00. The summed E-state index contributed by atoms with van der Waals surface area (Å²) in [4.78, 5) is 11.9. The molecule has 0 radical (unpaired) electrons. The predicted molar refractivity (Wildman–Crippen MR) is 81.2 cm³/mol. The molecule has 1 aliphatic heterocycles. The second-order valence-electron chi connectivity index (χ2n) is 5.26. The Labute approximate surface area is 123 Å². The molecule has 1 atom stereocenters. The van der Waals surface area contributed by atoms with E-state index >= 15 is 0 Å². The molecule has 2 aromatic carbocycles. The maximum atomic E-state index is 11.9. The number of carbonyl (C=O) groups is 1. The van der Waals surface area contributed by atoms with Gasteiger partial charge in [0.1, 0.15) is 0 Å². The van der Waals surface area contributed by atoms with Gasteiger partial charge in [-0.3, -0.25) is 0 Å². The van der Waals surface area contributed by atoms with E-state index in [1.165, 1.54) is 5.56 Å². The van der Waals surface area contributed by atoms with Crippen molar-refractivity contribution in [2.75, 3.05) is 5.32 Å². The minimum atomic E-state index is -0.587. The Bertz CT molecular complexity index is 681. The lowest BCUT2D eigenvalue weighted by Crippen LogP contribution is -2.50. The average molecular weight is 287 g/mol. The number of halogens is 1. The minimum Gasteiger partial charge on any atom is -0.324 e. The van der Waals surface area contributed by atoms with E-state index in [4.69, 9.17) is 11.6 Å². The van der Waals surface area contributed by atoms with Crippen LogP contribution < -0.4 is 10.6 Å². The van der Waals surface area contributed by atoms with Crippen LogP contribution in [0.3, 0.4) is 0 Å². The average Bonchev–Trinajstić information content (AvgIpc) is 2.40. The standard InChI is InChI=1S/C16H15ClN2O/c1-10-3-5-11(6-4-10)16(2)13-9-12(17)7-8-14(13)18-15(20)19-16/h3-9H,1-2H3,(H2,18,19,20)/t16-/m0/s1. The maximum Gasteiger partial charge on any atom is 0.320 e. The number of hydrogen-bond acceptors (Lipinski definition) is 1. The summed E-state index contributed by atoms with van der Waals surface area (Å²) in [5.74, 6) is 0. The van der Waals surface area contributed by atoms with Gasteiger partial charge in [0.05, 0.1) is 5.54 Å². The molecule has 0 aliphatic carbocycles. The van der Waals surface area contributed by atoms with Crippen LogP contribution >= 0.6 is 11.6 Å². The third-order valence-corrected chi connectivity index (χ3v) is 4.00. The van der Waals surface area contributed by atoms with Crippen LogP contribution in [-0.4, -0.2) is 6.03 Å². The van der Waals surface area contributed by atoms with Crippen LogP contribution in [0.4, 0.5) is 10.5 Å². The van der Waals surface area contributed by atoms with Crippen molar-refractivity contribution in [2.45, 2.75) is 19.4 Å². The molecule has 2 N–H and O–H groups in total. The molecule has 2 aromatic rings. The normalized spacial score (nSPS) is 20.9. The van der Waals surface area contributed by atoms with Gasteiger partial charge in [-0.2, -0.15) is 0 Å².